The second-order valence-electron chi connectivity index (χ2n) is 5.76. The topological polar surface area (TPSA) is 90.9 Å². The molecule has 0 spiro atoms. The number of carbonyl (C=O) groups excluding carboxylic acids is 1. The summed E-state index contributed by atoms with van der Waals surface area (Å²) in [6.45, 7) is 1.90. The molecular formula is C19H23ClN2O5P+. The van der Waals surface area contributed by atoms with Crippen molar-refractivity contribution >= 4 is 31.0 Å². The van der Waals surface area contributed by atoms with E-state index in [1.807, 2.05) is 0 Å². The summed E-state index contributed by atoms with van der Waals surface area (Å²) in [7, 11) is -0.492. The molecule has 0 heterocycles. The third-order valence-electron chi connectivity index (χ3n) is 3.98. The van der Waals surface area contributed by atoms with E-state index < -0.39 is 13.7 Å². The quantitative estimate of drug-likeness (QED) is 0.178. The standard InChI is InChI=1S/C19H23ClN2O5P/c1-4-27-19(23)22(21)18(16-9-11-17(20)12-10-16)15-7-5-14(6-8-15)13-28(24,25-2)26-3/h5-12H,4,13,21H2,1-3H3/q+1. The van der Waals surface area contributed by atoms with Crippen LogP contribution in [0.1, 0.15) is 23.6 Å². The van der Waals surface area contributed by atoms with E-state index in [9.17, 15) is 9.36 Å². The van der Waals surface area contributed by atoms with Crippen molar-refractivity contribution in [1.82, 2.24) is 0 Å². The van der Waals surface area contributed by atoms with E-state index in [1.54, 1.807) is 55.5 Å². The minimum absolute atomic E-state index is 0.126. The molecule has 1 amide bonds. The Morgan fingerprint density at radius 2 is 1.54 bits per heavy atom. The fourth-order valence-electron chi connectivity index (χ4n) is 2.53. The van der Waals surface area contributed by atoms with Gasteiger partial charge < -0.3 is 13.8 Å². The van der Waals surface area contributed by atoms with E-state index in [0.717, 1.165) is 10.2 Å². The number of nitrogens with two attached hydrogens (primary N) is 1. The fraction of sp³-hybridized carbons (Fsp3) is 0.263. The summed E-state index contributed by atoms with van der Waals surface area (Å²) < 4.78 is 28.2. The van der Waals surface area contributed by atoms with Crippen LogP contribution in [0.3, 0.4) is 0 Å². The lowest BCUT2D eigenvalue weighted by molar-refractivity contribution is -0.456. The van der Waals surface area contributed by atoms with Crippen molar-refractivity contribution in [2.45, 2.75) is 13.1 Å². The number of carbonyl (C=O) groups is 1. The van der Waals surface area contributed by atoms with Gasteiger partial charge in [-0.1, -0.05) is 23.7 Å². The number of benzene rings is 2. The molecule has 0 saturated heterocycles. The molecule has 0 aliphatic carbocycles. The van der Waals surface area contributed by atoms with Gasteiger partial charge in [0.15, 0.2) is 0 Å². The molecule has 0 radical (unpaired) electrons. The number of hydrazone groups is 1. The van der Waals surface area contributed by atoms with Gasteiger partial charge in [0.25, 0.3) is 5.71 Å². The molecule has 2 aromatic carbocycles. The maximum absolute atomic E-state index is 12.3. The third-order valence-corrected chi connectivity index (χ3v) is 6.10. The molecule has 7 nitrogen and oxygen atoms in total. The Hall–Kier alpha value is -2.18. The lowest BCUT2D eigenvalue weighted by Crippen LogP contribution is -2.35. The van der Waals surface area contributed by atoms with Crippen molar-refractivity contribution in [2.75, 3.05) is 20.8 Å². The van der Waals surface area contributed by atoms with Gasteiger partial charge in [0.05, 0.1) is 18.3 Å². The zero-order chi connectivity index (χ0) is 20.7. The monoisotopic (exact) mass is 425 g/mol. The molecule has 0 aliphatic heterocycles. The van der Waals surface area contributed by atoms with Crippen molar-refractivity contribution in [2.24, 2.45) is 5.84 Å². The number of amides is 1. The highest BCUT2D eigenvalue weighted by Gasteiger charge is 2.27. The second-order valence-corrected chi connectivity index (χ2v) is 8.46. The van der Waals surface area contributed by atoms with Crippen LogP contribution >= 0.6 is 19.2 Å². The zero-order valence-electron chi connectivity index (χ0n) is 15.9. The summed E-state index contributed by atoms with van der Waals surface area (Å²) in [6, 6.07) is 14.0. The van der Waals surface area contributed by atoms with Gasteiger partial charge in [-0.2, -0.15) is 10.6 Å². The van der Waals surface area contributed by atoms with Crippen molar-refractivity contribution in [3.63, 3.8) is 0 Å². The molecule has 150 valence electrons. The van der Waals surface area contributed by atoms with Crippen LogP contribution in [0.25, 0.3) is 0 Å². The summed E-state index contributed by atoms with van der Waals surface area (Å²) in [5.74, 6) is 6.04. The number of halogens is 1. The van der Waals surface area contributed by atoms with Gasteiger partial charge in [-0.15, -0.1) is 0 Å². The van der Waals surface area contributed by atoms with E-state index in [-0.39, 0.29) is 12.8 Å². The van der Waals surface area contributed by atoms with Gasteiger partial charge >= 0.3 is 13.7 Å². The van der Waals surface area contributed by atoms with E-state index >= 15 is 0 Å². The first-order valence-corrected chi connectivity index (χ1v) is 10.6. The molecule has 0 atom stereocenters. The van der Waals surface area contributed by atoms with E-state index in [4.69, 9.17) is 31.2 Å². The number of ether oxygens (including phenoxy) is 1. The average molecular weight is 426 g/mol. The minimum atomic E-state index is -3.18. The van der Waals surface area contributed by atoms with Crippen molar-refractivity contribution in [3.05, 3.63) is 70.2 Å². The Labute approximate surface area is 169 Å². The largest absolute Gasteiger partial charge is 0.626 e. The summed E-state index contributed by atoms with van der Waals surface area (Å²) >= 11 is 5.97. The van der Waals surface area contributed by atoms with Gasteiger partial charge in [0, 0.05) is 24.8 Å². The molecule has 0 bridgehead atoms. The van der Waals surface area contributed by atoms with E-state index in [1.165, 1.54) is 14.2 Å². The first-order chi connectivity index (χ1) is 13.3. The van der Waals surface area contributed by atoms with Crippen molar-refractivity contribution in [3.8, 4) is 0 Å². The number of nitrogens with zero attached hydrogens (tertiary/aromatic N) is 1. The van der Waals surface area contributed by atoms with Gasteiger partial charge in [-0.05, 0) is 53.6 Å². The molecular weight excluding hydrogens is 403 g/mol. The second kappa shape index (κ2) is 9.85. The average Bonchev–Trinajstić information content (AvgIpc) is 2.71. The summed E-state index contributed by atoms with van der Waals surface area (Å²) in [5, 5.41) is 0.563. The van der Waals surface area contributed by atoms with Crippen molar-refractivity contribution < 1.29 is 27.8 Å². The van der Waals surface area contributed by atoms with Crippen LogP contribution in [0.4, 0.5) is 4.79 Å². The molecule has 2 N–H and O–H groups in total. The lowest BCUT2D eigenvalue weighted by Gasteiger charge is -2.13. The summed E-state index contributed by atoms with van der Waals surface area (Å²) in [6.07, 6.45) is -0.555. The number of hydrogen-bond donors (Lipinski definition) is 1. The predicted octanol–water partition coefficient (Wildman–Crippen LogP) is 4.21. The smallest absolute Gasteiger partial charge is 0.410 e. The molecule has 28 heavy (non-hydrogen) atoms. The highest BCUT2D eigenvalue weighted by Crippen LogP contribution is 2.49. The van der Waals surface area contributed by atoms with Crippen LogP contribution < -0.4 is 5.84 Å². The third kappa shape index (κ3) is 5.42. The number of rotatable bonds is 7. The van der Waals surface area contributed by atoms with Crippen LogP contribution in [0.15, 0.2) is 48.5 Å². The van der Waals surface area contributed by atoms with Crippen LogP contribution in [-0.2, 0) is 24.5 Å². The summed E-state index contributed by atoms with van der Waals surface area (Å²) in [5.41, 5.74) is 2.56. The Balaban J connectivity index is 2.47. The first kappa shape index (κ1) is 22.1. The maximum Gasteiger partial charge on any atom is 0.626 e. The normalized spacial score (nSPS) is 12.4. The van der Waals surface area contributed by atoms with Crippen LogP contribution in [0.5, 0.6) is 0 Å². The highest BCUT2D eigenvalue weighted by molar-refractivity contribution is 7.52. The zero-order valence-corrected chi connectivity index (χ0v) is 17.6. The highest BCUT2D eigenvalue weighted by atomic mass is 35.5. The molecule has 2 aromatic rings. The minimum Gasteiger partial charge on any atom is -0.410 e. The van der Waals surface area contributed by atoms with Gasteiger partial charge in [-0.25, -0.2) is 0 Å². The fourth-order valence-corrected chi connectivity index (χ4v) is 3.72. The lowest BCUT2D eigenvalue weighted by atomic mass is 10.0. The SMILES string of the molecule is CCOC(=O)[N+](N)=C(c1ccc(Cl)cc1)c1ccc(CP(=O)(OC)OC)cc1. The van der Waals surface area contributed by atoms with E-state index in [2.05, 4.69) is 0 Å². The van der Waals surface area contributed by atoms with Crippen molar-refractivity contribution in [1.29, 1.82) is 0 Å². The molecule has 0 saturated carbocycles. The number of hydrogen-bond acceptors (Lipinski definition) is 6. The first-order valence-electron chi connectivity index (χ1n) is 8.48. The Bertz CT molecular complexity index is 890. The predicted molar refractivity (Wildman–Crippen MR) is 108 cm³/mol. The Morgan fingerprint density at radius 1 is 1.04 bits per heavy atom. The molecule has 9 heteroatoms. The Morgan fingerprint density at radius 3 is 2.00 bits per heavy atom. The van der Waals surface area contributed by atoms with Crippen LogP contribution in [0, 0.1) is 0 Å². The summed E-state index contributed by atoms with van der Waals surface area (Å²) in [4.78, 5) is 12.2. The van der Waals surface area contributed by atoms with Gasteiger partial charge in [0.2, 0.25) is 0 Å². The molecule has 2 rings (SSSR count). The Kier molecular flexibility index (Phi) is 7.78. The van der Waals surface area contributed by atoms with Crippen LogP contribution in [-0.4, -0.2) is 37.3 Å². The molecule has 0 aromatic heterocycles. The maximum atomic E-state index is 12.3. The van der Waals surface area contributed by atoms with Crippen LogP contribution in [0.2, 0.25) is 5.02 Å². The molecule has 0 fully saturated rings. The van der Waals surface area contributed by atoms with Gasteiger partial charge in [0.1, 0.15) is 0 Å². The van der Waals surface area contributed by atoms with E-state index in [0.29, 0.717) is 21.9 Å². The van der Waals surface area contributed by atoms with Gasteiger partial charge in [-0.3, -0.25) is 4.57 Å². The molecule has 0 unspecified atom stereocenters. The number of hydrazine groups is 1. The molecule has 0 aliphatic rings.